The smallest absolute Gasteiger partial charge is 0.383 e. The Morgan fingerprint density at radius 1 is 1.28 bits per heavy atom. The van der Waals surface area contributed by atoms with E-state index in [9.17, 15) is 22.8 Å². The number of alkyl halides is 3. The number of rotatable bonds is 6. The fourth-order valence-electron chi connectivity index (χ4n) is 2.88. The van der Waals surface area contributed by atoms with Crippen LogP contribution in [0.1, 0.15) is 12.7 Å². The standard InChI is InChI=1S/C18H18F3N5O3/c1-11(10-29-2)23-14(27)9-25-16(28)13-8-22-26(12-6-4-3-5-7-12)15(13)24-17(25)18(19,20)21/h3-8,11H,9-10H2,1-2H3,(H,23,27)/t11-/m0/s1. The van der Waals surface area contributed by atoms with Crippen molar-refractivity contribution < 1.29 is 22.7 Å². The number of aromatic nitrogens is 4. The molecule has 3 aromatic rings. The lowest BCUT2D eigenvalue weighted by Crippen LogP contribution is -2.41. The van der Waals surface area contributed by atoms with E-state index in [4.69, 9.17) is 4.74 Å². The molecule has 0 fully saturated rings. The quantitative estimate of drug-likeness (QED) is 0.670. The zero-order valence-corrected chi connectivity index (χ0v) is 15.6. The van der Waals surface area contributed by atoms with Crippen LogP contribution in [-0.4, -0.2) is 45.0 Å². The summed E-state index contributed by atoms with van der Waals surface area (Å²) >= 11 is 0. The van der Waals surface area contributed by atoms with Crippen molar-refractivity contribution in [2.45, 2.75) is 25.7 Å². The molecule has 29 heavy (non-hydrogen) atoms. The fourth-order valence-corrected chi connectivity index (χ4v) is 2.88. The number of benzene rings is 1. The second kappa shape index (κ2) is 8.03. The summed E-state index contributed by atoms with van der Waals surface area (Å²) in [5.74, 6) is -2.24. The molecule has 154 valence electrons. The first-order valence-electron chi connectivity index (χ1n) is 8.62. The predicted octanol–water partition coefficient (Wildman–Crippen LogP) is 1.75. The van der Waals surface area contributed by atoms with Gasteiger partial charge in [-0.3, -0.25) is 14.2 Å². The molecule has 0 saturated carbocycles. The van der Waals surface area contributed by atoms with Crippen molar-refractivity contribution >= 4 is 16.9 Å². The fraction of sp³-hybridized carbons (Fsp3) is 0.333. The Kier molecular flexibility index (Phi) is 5.69. The van der Waals surface area contributed by atoms with Gasteiger partial charge < -0.3 is 10.1 Å². The highest BCUT2D eigenvalue weighted by Gasteiger charge is 2.38. The second-order valence-electron chi connectivity index (χ2n) is 6.38. The summed E-state index contributed by atoms with van der Waals surface area (Å²) in [5, 5.41) is 6.35. The first kappa shape index (κ1) is 20.5. The maximum atomic E-state index is 13.6. The molecule has 3 rings (SSSR count). The van der Waals surface area contributed by atoms with Gasteiger partial charge in [0.1, 0.15) is 11.9 Å². The number of methoxy groups -OCH3 is 1. The molecule has 1 aromatic carbocycles. The third-order valence-corrected chi connectivity index (χ3v) is 4.07. The zero-order chi connectivity index (χ0) is 21.2. The Hall–Kier alpha value is -3.21. The molecule has 11 heteroatoms. The molecule has 8 nitrogen and oxygen atoms in total. The van der Waals surface area contributed by atoms with E-state index in [2.05, 4.69) is 15.4 Å². The van der Waals surface area contributed by atoms with Crippen molar-refractivity contribution in [2.24, 2.45) is 0 Å². The SMILES string of the molecule is COC[C@H](C)NC(=O)Cn1c(C(F)(F)F)nc2c(cnn2-c2ccccc2)c1=O. The number of hydrogen-bond donors (Lipinski definition) is 1. The maximum absolute atomic E-state index is 13.6. The van der Waals surface area contributed by atoms with Gasteiger partial charge in [-0.25, -0.2) is 9.67 Å². The average Bonchev–Trinajstić information content (AvgIpc) is 3.08. The van der Waals surface area contributed by atoms with Gasteiger partial charge in [0.15, 0.2) is 5.65 Å². The molecule has 0 spiro atoms. The number of amides is 1. The highest BCUT2D eigenvalue weighted by atomic mass is 19.4. The molecule has 1 atom stereocenters. The Morgan fingerprint density at radius 3 is 2.59 bits per heavy atom. The van der Waals surface area contributed by atoms with Crippen LogP contribution in [0.2, 0.25) is 0 Å². The molecule has 0 saturated heterocycles. The molecular formula is C18H18F3N5O3. The largest absolute Gasteiger partial charge is 0.449 e. The van der Waals surface area contributed by atoms with Crippen LogP contribution in [0.15, 0.2) is 41.3 Å². The molecule has 2 heterocycles. The molecule has 0 aliphatic rings. The Bertz CT molecular complexity index is 1080. The molecule has 2 aromatic heterocycles. The van der Waals surface area contributed by atoms with Crippen LogP contribution in [0.5, 0.6) is 0 Å². The highest BCUT2D eigenvalue weighted by Crippen LogP contribution is 2.28. The number of nitrogens with one attached hydrogen (secondary N) is 1. The van der Waals surface area contributed by atoms with E-state index in [1.807, 2.05) is 0 Å². The number of carbonyl (C=O) groups is 1. The van der Waals surface area contributed by atoms with E-state index in [0.29, 0.717) is 10.3 Å². The molecular weight excluding hydrogens is 391 g/mol. The van der Waals surface area contributed by atoms with Gasteiger partial charge in [0.05, 0.1) is 18.5 Å². The van der Waals surface area contributed by atoms with Crippen molar-refractivity contribution in [1.29, 1.82) is 0 Å². The van der Waals surface area contributed by atoms with Gasteiger partial charge >= 0.3 is 6.18 Å². The summed E-state index contributed by atoms with van der Waals surface area (Å²) in [6.45, 7) is 0.968. The van der Waals surface area contributed by atoms with Crippen molar-refractivity contribution in [3.8, 4) is 5.69 Å². The minimum Gasteiger partial charge on any atom is -0.383 e. The Balaban J connectivity index is 2.10. The van der Waals surface area contributed by atoms with Crippen molar-refractivity contribution in [3.63, 3.8) is 0 Å². The van der Waals surface area contributed by atoms with E-state index in [0.717, 1.165) is 10.9 Å². The van der Waals surface area contributed by atoms with Crippen molar-refractivity contribution in [2.75, 3.05) is 13.7 Å². The molecule has 1 amide bonds. The van der Waals surface area contributed by atoms with Crippen molar-refractivity contribution in [1.82, 2.24) is 24.6 Å². The molecule has 1 N–H and O–H groups in total. The van der Waals surface area contributed by atoms with Crippen LogP contribution in [-0.2, 0) is 22.3 Å². The van der Waals surface area contributed by atoms with Crippen LogP contribution < -0.4 is 10.9 Å². The first-order valence-corrected chi connectivity index (χ1v) is 8.62. The molecule has 0 radical (unpaired) electrons. The van der Waals surface area contributed by atoms with Crippen molar-refractivity contribution in [3.05, 3.63) is 52.7 Å². The maximum Gasteiger partial charge on any atom is 0.449 e. The topological polar surface area (TPSA) is 91.0 Å². The third kappa shape index (κ3) is 4.29. The van der Waals surface area contributed by atoms with Crippen LogP contribution in [0, 0.1) is 0 Å². The normalized spacial score (nSPS) is 12.9. The number of halogens is 3. The molecule has 0 aliphatic heterocycles. The lowest BCUT2D eigenvalue weighted by atomic mass is 10.3. The first-order chi connectivity index (χ1) is 13.7. The predicted molar refractivity (Wildman–Crippen MR) is 97.6 cm³/mol. The number of ether oxygens (including phenoxy) is 1. The van der Waals surface area contributed by atoms with Gasteiger partial charge in [-0.2, -0.15) is 18.3 Å². The average molecular weight is 409 g/mol. The minimum atomic E-state index is -4.95. The van der Waals surface area contributed by atoms with E-state index in [1.54, 1.807) is 37.3 Å². The number of hydrogen-bond acceptors (Lipinski definition) is 5. The lowest BCUT2D eigenvalue weighted by Gasteiger charge is -2.17. The number of fused-ring (bicyclic) bond motifs is 1. The highest BCUT2D eigenvalue weighted by molar-refractivity contribution is 5.78. The van der Waals surface area contributed by atoms with Gasteiger partial charge in [-0.15, -0.1) is 0 Å². The lowest BCUT2D eigenvalue weighted by molar-refractivity contribution is -0.148. The van der Waals surface area contributed by atoms with Crippen LogP contribution in [0.25, 0.3) is 16.7 Å². The van der Waals surface area contributed by atoms with Crippen LogP contribution in [0.3, 0.4) is 0 Å². The Morgan fingerprint density at radius 2 is 1.97 bits per heavy atom. The number of para-hydroxylation sites is 1. The van der Waals surface area contributed by atoms with Crippen LogP contribution >= 0.6 is 0 Å². The van der Waals surface area contributed by atoms with Gasteiger partial charge in [0.25, 0.3) is 5.56 Å². The summed E-state index contributed by atoms with van der Waals surface area (Å²) in [4.78, 5) is 28.5. The van der Waals surface area contributed by atoms with E-state index < -0.39 is 36.1 Å². The molecule has 0 aliphatic carbocycles. The van der Waals surface area contributed by atoms with Gasteiger partial charge in [0.2, 0.25) is 11.7 Å². The zero-order valence-electron chi connectivity index (χ0n) is 15.6. The van der Waals surface area contributed by atoms with Gasteiger partial charge in [-0.1, -0.05) is 18.2 Å². The number of carbonyl (C=O) groups excluding carboxylic acids is 1. The van der Waals surface area contributed by atoms with E-state index in [1.165, 1.54) is 7.11 Å². The van der Waals surface area contributed by atoms with E-state index in [-0.39, 0.29) is 17.6 Å². The Labute approximate surface area is 162 Å². The monoisotopic (exact) mass is 409 g/mol. The summed E-state index contributed by atoms with van der Waals surface area (Å²) in [6, 6.07) is 7.91. The summed E-state index contributed by atoms with van der Waals surface area (Å²) in [7, 11) is 1.43. The third-order valence-electron chi connectivity index (χ3n) is 4.07. The number of nitrogens with zero attached hydrogens (tertiary/aromatic N) is 4. The minimum absolute atomic E-state index is 0.125. The van der Waals surface area contributed by atoms with Gasteiger partial charge in [0, 0.05) is 13.2 Å². The van der Waals surface area contributed by atoms with E-state index >= 15 is 0 Å². The molecule has 0 bridgehead atoms. The van der Waals surface area contributed by atoms with Crippen LogP contribution in [0.4, 0.5) is 13.2 Å². The molecule has 0 unspecified atom stereocenters. The summed E-state index contributed by atoms with van der Waals surface area (Å²) in [6.07, 6.45) is -3.81. The summed E-state index contributed by atoms with van der Waals surface area (Å²) < 4.78 is 47.2. The summed E-state index contributed by atoms with van der Waals surface area (Å²) in [5.41, 5.74) is -0.789. The van der Waals surface area contributed by atoms with Gasteiger partial charge in [-0.05, 0) is 19.1 Å². The second-order valence-corrected chi connectivity index (χ2v) is 6.38.